The van der Waals surface area contributed by atoms with Crippen LogP contribution in [-0.2, 0) is 4.79 Å². The Morgan fingerprint density at radius 3 is 2.45 bits per heavy atom. The van der Waals surface area contributed by atoms with Crippen molar-refractivity contribution >= 4 is 5.78 Å². The summed E-state index contributed by atoms with van der Waals surface area (Å²) < 4.78 is 0. The third-order valence-corrected chi connectivity index (χ3v) is 2.76. The lowest BCUT2D eigenvalue weighted by molar-refractivity contribution is -0.117. The number of carbonyl (C=O) groups excluding carboxylic acids is 1. The van der Waals surface area contributed by atoms with E-state index in [9.17, 15) is 4.79 Å². The van der Waals surface area contributed by atoms with E-state index in [1.54, 1.807) is 6.92 Å². The molecule has 1 saturated heterocycles. The fourth-order valence-electron chi connectivity index (χ4n) is 1.52. The van der Waals surface area contributed by atoms with Gasteiger partial charge >= 0.3 is 0 Å². The van der Waals surface area contributed by atoms with Gasteiger partial charge in [0.25, 0.3) is 0 Å². The quantitative estimate of drug-likeness (QED) is 0.664. The van der Waals surface area contributed by atoms with Crippen molar-refractivity contribution in [2.24, 2.45) is 5.41 Å². The molecule has 0 unspecified atom stereocenters. The third-order valence-electron chi connectivity index (χ3n) is 2.76. The van der Waals surface area contributed by atoms with Crippen molar-refractivity contribution in [1.29, 1.82) is 0 Å². The van der Waals surface area contributed by atoms with Gasteiger partial charge in [-0.1, -0.05) is 6.92 Å². The zero-order valence-corrected chi connectivity index (χ0v) is 7.44. The van der Waals surface area contributed by atoms with E-state index in [2.05, 4.69) is 12.2 Å². The first-order valence-electron chi connectivity index (χ1n) is 4.39. The average Bonchev–Trinajstić information content (AvgIpc) is 1.86. The van der Waals surface area contributed by atoms with E-state index in [0.717, 1.165) is 25.9 Å². The van der Waals surface area contributed by atoms with E-state index in [0.29, 0.717) is 11.2 Å². The summed E-state index contributed by atoms with van der Waals surface area (Å²) in [4.78, 5) is 10.7. The first-order chi connectivity index (χ1) is 5.18. The fraction of sp³-hybridized carbons (Fsp3) is 0.889. The summed E-state index contributed by atoms with van der Waals surface area (Å²) in [6, 6.07) is 0. The second kappa shape index (κ2) is 3.35. The lowest BCUT2D eigenvalue weighted by atomic mass is 9.75. The van der Waals surface area contributed by atoms with Gasteiger partial charge in [0, 0.05) is 19.5 Å². The molecule has 0 saturated carbocycles. The van der Waals surface area contributed by atoms with Crippen LogP contribution >= 0.6 is 0 Å². The summed E-state index contributed by atoms with van der Waals surface area (Å²) in [6.45, 7) is 6.10. The SMILES string of the molecule is CCC1(CCC(C)=O)CNC1. The molecule has 1 rings (SSSR count). The maximum absolute atomic E-state index is 10.7. The minimum absolute atomic E-state index is 0.324. The van der Waals surface area contributed by atoms with Crippen LogP contribution in [0, 0.1) is 5.41 Å². The molecule has 0 spiro atoms. The van der Waals surface area contributed by atoms with Crippen molar-refractivity contribution in [3.05, 3.63) is 0 Å². The summed E-state index contributed by atoms with van der Waals surface area (Å²) in [7, 11) is 0. The lowest BCUT2D eigenvalue weighted by Crippen LogP contribution is -2.53. The second-order valence-electron chi connectivity index (χ2n) is 3.66. The van der Waals surface area contributed by atoms with Crippen molar-refractivity contribution in [3.63, 3.8) is 0 Å². The maximum Gasteiger partial charge on any atom is 0.129 e. The van der Waals surface area contributed by atoms with Crippen LogP contribution in [0.25, 0.3) is 0 Å². The van der Waals surface area contributed by atoms with Gasteiger partial charge in [-0.25, -0.2) is 0 Å². The molecule has 0 aromatic heterocycles. The molecule has 0 aliphatic carbocycles. The van der Waals surface area contributed by atoms with Gasteiger partial charge in [0.05, 0.1) is 0 Å². The topological polar surface area (TPSA) is 29.1 Å². The molecule has 1 fully saturated rings. The summed E-state index contributed by atoms with van der Waals surface area (Å²) in [5, 5.41) is 3.27. The Hall–Kier alpha value is -0.370. The number of ketones is 1. The van der Waals surface area contributed by atoms with Gasteiger partial charge in [-0.3, -0.25) is 0 Å². The minimum atomic E-state index is 0.324. The van der Waals surface area contributed by atoms with Crippen LogP contribution in [0.5, 0.6) is 0 Å². The van der Waals surface area contributed by atoms with E-state index in [-0.39, 0.29) is 0 Å². The van der Waals surface area contributed by atoms with Crippen molar-refractivity contribution in [3.8, 4) is 0 Å². The predicted molar refractivity (Wildman–Crippen MR) is 45.5 cm³/mol. The maximum atomic E-state index is 10.7. The van der Waals surface area contributed by atoms with E-state index in [4.69, 9.17) is 0 Å². The highest BCUT2D eigenvalue weighted by atomic mass is 16.1. The Labute approximate surface area is 68.4 Å². The van der Waals surface area contributed by atoms with Crippen LogP contribution in [0.1, 0.15) is 33.1 Å². The van der Waals surface area contributed by atoms with E-state index >= 15 is 0 Å². The molecule has 0 bridgehead atoms. The third kappa shape index (κ3) is 2.03. The Bertz CT molecular complexity index is 144. The minimum Gasteiger partial charge on any atom is -0.316 e. The van der Waals surface area contributed by atoms with Crippen LogP contribution in [-0.4, -0.2) is 18.9 Å². The van der Waals surface area contributed by atoms with Gasteiger partial charge in [0.2, 0.25) is 0 Å². The van der Waals surface area contributed by atoms with Crippen LogP contribution in [0.15, 0.2) is 0 Å². The Balaban J connectivity index is 2.27. The van der Waals surface area contributed by atoms with Gasteiger partial charge in [0.15, 0.2) is 0 Å². The molecule has 1 heterocycles. The van der Waals surface area contributed by atoms with Crippen LogP contribution in [0.4, 0.5) is 0 Å². The molecule has 1 aliphatic rings. The van der Waals surface area contributed by atoms with Crippen LogP contribution in [0.3, 0.4) is 0 Å². The predicted octanol–water partition coefficient (Wildman–Crippen LogP) is 1.36. The number of nitrogens with one attached hydrogen (secondary N) is 1. The molecular formula is C9H17NO. The van der Waals surface area contributed by atoms with Gasteiger partial charge in [0.1, 0.15) is 5.78 Å². The summed E-state index contributed by atoms with van der Waals surface area (Å²) in [5.74, 6) is 0.324. The van der Waals surface area contributed by atoms with Crippen molar-refractivity contribution < 1.29 is 4.79 Å². The monoisotopic (exact) mass is 155 g/mol. The largest absolute Gasteiger partial charge is 0.316 e. The normalized spacial score (nSPS) is 20.9. The van der Waals surface area contributed by atoms with Gasteiger partial charge < -0.3 is 10.1 Å². The Kier molecular flexibility index (Phi) is 2.66. The lowest BCUT2D eigenvalue weighted by Gasteiger charge is -2.42. The van der Waals surface area contributed by atoms with E-state index in [1.165, 1.54) is 6.42 Å². The number of hydrogen-bond donors (Lipinski definition) is 1. The highest BCUT2D eigenvalue weighted by Crippen LogP contribution is 2.31. The molecule has 0 amide bonds. The van der Waals surface area contributed by atoms with Gasteiger partial charge in [-0.05, 0) is 25.2 Å². The molecule has 2 nitrogen and oxygen atoms in total. The molecule has 1 N–H and O–H groups in total. The van der Waals surface area contributed by atoms with Gasteiger partial charge in [-0.15, -0.1) is 0 Å². The molecule has 0 radical (unpaired) electrons. The van der Waals surface area contributed by atoms with Crippen LogP contribution in [0.2, 0.25) is 0 Å². The van der Waals surface area contributed by atoms with Crippen molar-refractivity contribution in [2.45, 2.75) is 33.1 Å². The molecule has 0 aromatic rings. The molecule has 1 aliphatic heterocycles. The zero-order valence-electron chi connectivity index (χ0n) is 7.44. The van der Waals surface area contributed by atoms with Gasteiger partial charge in [-0.2, -0.15) is 0 Å². The van der Waals surface area contributed by atoms with Crippen LogP contribution < -0.4 is 5.32 Å². The number of carbonyl (C=O) groups is 1. The highest BCUT2D eigenvalue weighted by molar-refractivity contribution is 5.75. The standard InChI is InChI=1S/C9H17NO/c1-3-9(6-10-7-9)5-4-8(2)11/h10H,3-7H2,1-2H3. The molecular weight excluding hydrogens is 138 g/mol. The second-order valence-corrected chi connectivity index (χ2v) is 3.66. The first-order valence-corrected chi connectivity index (χ1v) is 4.39. The average molecular weight is 155 g/mol. The summed E-state index contributed by atoms with van der Waals surface area (Å²) in [6.07, 6.45) is 3.04. The Morgan fingerprint density at radius 1 is 1.55 bits per heavy atom. The molecule has 0 aromatic carbocycles. The van der Waals surface area contributed by atoms with Crippen molar-refractivity contribution in [2.75, 3.05) is 13.1 Å². The fourth-order valence-corrected chi connectivity index (χ4v) is 1.52. The highest BCUT2D eigenvalue weighted by Gasteiger charge is 2.34. The molecule has 64 valence electrons. The number of rotatable bonds is 4. The number of Topliss-reactive ketones (excluding diaryl/α,β-unsaturated/α-hetero) is 1. The first kappa shape index (κ1) is 8.72. The molecule has 11 heavy (non-hydrogen) atoms. The van der Waals surface area contributed by atoms with E-state index < -0.39 is 0 Å². The zero-order chi connectivity index (χ0) is 8.32. The smallest absolute Gasteiger partial charge is 0.129 e. The Morgan fingerprint density at radius 2 is 2.18 bits per heavy atom. The van der Waals surface area contributed by atoms with Crippen molar-refractivity contribution in [1.82, 2.24) is 5.32 Å². The molecule has 0 atom stereocenters. The molecule has 2 heteroatoms. The number of hydrogen-bond acceptors (Lipinski definition) is 2. The summed E-state index contributed by atoms with van der Waals surface area (Å²) in [5.41, 5.74) is 0.464. The van der Waals surface area contributed by atoms with E-state index in [1.807, 2.05) is 0 Å². The summed E-state index contributed by atoms with van der Waals surface area (Å²) >= 11 is 0.